The van der Waals surface area contributed by atoms with Gasteiger partial charge in [0.2, 0.25) is 0 Å². The molecule has 0 aromatic heterocycles. The van der Waals surface area contributed by atoms with E-state index in [1.54, 1.807) is 6.07 Å². The van der Waals surface area contributed by atoms with Crippen LogP contribution in [0.2, 0.25) is 0 Å². The van der Waals surface area contributed by atoms with Gasteiger partial charge in [-0.1, -0.05) is 18.2 Å². The van der Waals surface area contributed by atoms with Crippen LogP contribution in [0.5, 0.6) is 0 Å². The number of rotatable bonds is 4. The SMILES string of the molecule is COC1(C(=O)O)C=C([N+](=O)[O-])C=CC1c1cccc(F)c1. The van der Waals surface area contributed by atoms with Gasteiger partial charge in [0.05, 0.1) is 4.92 Å². The molecule has 2 unspecified atom stereocenters. The third-order valence-electron chi connectivity index (χ3n) is 3.37. The number of hydrogen-bond donors (Lipinski definition) is 1. The van der Waals surface area contributed by atoms with E-state index < -0.39 is 28.2 Å². The average Bonchev–Trinajstić information content (AvgIpc) is 2.46. The Morgan fingerprint density at radius 1 is 1.52 bits per heavy atom. The van der Waals surface area contributed by atoms with Crippen molar-refractivity contribution in [3.05, 3.63) is 69.7 Å². The summed E-state index contributed by atoms with van der Waals surface area (Å²) in [5, 5.41) is 20.3. The maximum atomic E-state index is 13.3. The van der Waals surface area contributed by atoms with Gasteiger partial charge in [-0.3, -0.25) is 10.1 Å². The minimum Gasteiger partial charge on any atom is -0.479 e. The summed E-state index contributed by atoms with van der Waals surface area (Å²) >= 11 is 0. The van der Waals surface area contributed by atoms with Gasteiger partial charge in [0, 0.05) is 25.2 Å². The molecule has 2 rings (SSSR count). The highest BCUT2D eigenvalue weighted by atomic mass is 19.1. The largest absolute Gasteiger partial charge is 0.479 e. The standard InChI is InChI=1S/C14H12FNO5/c1-21-14(13(17)18)8-11(16(19)20)5-6-12(14)9-3-2-4-10(15)7-9/h2-8,12H,1H3,(H,17,18). The molecule has 0 radical (unpaired) electrons. The highest BCUT2D eigenvalue weighted by Crippen LogP contribution is 2.38. The van der Waals surface area contributed by atoms with Crippen LogP contribution in [0.4, 0.5) is 4.39 Å². The molecule has 0 spiro atoms. The molecule has 0 saturated heterocycles. The first-order valence-electron chi connectivity index (χ1n) is 6.00. The van der Waals surface area contributed by atoms with Crippen molar-refractivity contribution >= 4 is 5.97 Å². The van der Waals surface area contributed by atoms with Crippen molar-refractivity contribution in [1.29, 1.82) is 0 Å². The van der Waals surface area contributed by atoms with E-state index in [0.717, 1.165) is 13.2 Å². The number of hydrogen-bond acceptors (Lipinski definition) is 4. The highest BCUT2D eigenvalue weighted by molar-refractivity contribution is 5.83. The summed E-state index contributed by atoms with van der Waals surface area (Å²) in [6.45, 7) is 0. The smallest absolute Gasteiger partial charge is 0.341 e. The molecule has 0 bridgehead atoms. The van der Waals surface area contributed by atoms with Crippen LogP contribution in [0.25, 0.3) is 0 Å². The topological polar surface area (TPSA) is 89.7 Å². The van der Waals surface area contributed by atoms with Crippen LogP contribution in [0.1, 0.15) is 11.5 Å². The Hall–Kier alpha value is -2.54. The van der Waals surface area contributed by atoms with Gasteiger partial charge >= 0.3 is 5.97 Å². The number of carboxylic acids is 1. The van der Waals surface area contributed by atoms with E-state index in [1.807, 2.05) is 0 Å². The van der Waals surface area contributed by atoms with Crippen LogP contribution in [-0.4, -0.2) is 28.7 Å². The molecule has 1 aliphatic carbocycles. The van der Waals surface area contributed by atoms with Crippen LogP contribution < -0.4 is 0 Å². The number of carboxylic acid groups (broad SMARTS) is 1. The second-order valence-electron chi connectivity index (χ2n) is 4.52. The number of ether oxygens (including phenoxy) is 1. The minimum atomic E-state index is -1.95. The molecule has 0 saturated carbocycles. The zero-order valence-corrected chi connectivity index (χ0v) is 11.0. The van der Waals surface area contributed by atoms with Crippen LogP contribution >= 0.6 is 0 Å². The van der Waals surface area contributed by atoms with Gasteiger partial charge in [-0.25, -0.2) is 9.18 Å². The van der Waals surface area contributed by atoms with Crippen molar-refractivity contribution in [3.63, 3.8) is 0 Å². The zero-order valence-electron chi connectivity index (χ0n) is 11.0. The molecule has 110 valence electrons. The van der Waals surface area contributed by atoms with Crippen LogP contribution in [0.15, 0.2) is 48.2 Å². The quantitative estimate of drug-likeness (QED) is 0.678. The second kappa shape index (κ2) is 5.45. The summed E-state index contributed by atoms with van der Waals surface area (Å²) in [6, 6.07) is 5.38. The molecule has 0 amide bonds. The van der Waals surface area contributed by atoms with Crippen molar-refractivity contribution in [2.45, 2.75) is 11.5 Å². The van der Waals surface area contributed by atoms with Gasteiger partial charge < -0.3 is 9.84 Å². The fourth-order valence-electron chi connectivity index (χ4n) is 2.34. The summed E-state index contributed by atoms with van der Waals surface area (Å²) in [7, 11) is 1.15. The van der Waals surface area contributed by atoms with Gasteiger partial charge in [0.15, 0.2) is 5.60 Å². The molecule has 1 N–H and O–H groups in total. The predicted molar refractivity (Wildman–Crippen MR) is 70.7 cm³/mol. The molecule has 1 aromatic carbocycles. The van der Waals surface area contributed by atoms with Crippen LogP contribution in [0.3, 0.4) is 0 Å². The average molecular weight is 293 g/mol. The first-order valence-corrected chi connectivity index (χ1v) is 6.00. The molecule has 7 heteroatoms. The van der Waals surface area contributed by atoms with Crippen molar-refractivity contribution in [2.24, 2.45) is 0 Å². The molecule has 1 aliphatic rings. The summed E-state index contributed by atoms with van der Waals surface area (Å²) < 4.78 is 18.4. The van der Waals surface area contributed by atoms with Gasteiger partial charge in [-0.15, -0.1) is 0 Å². The van der Waals surface area contributed by atoms with Gasteiger partial charge in [0.25, 0.3) is 5.70 Å². The highest BCUT2D eigenvalue weighted by Gasteiger charge is 2.48. The van der Waals surface area contributed by atoms with E-state index in [-0.39, 0.29) is 5.70 Å². The maximum Gasteiger partial charge on any atom is 0.341 e. The van der Waals surface area contributed by atoms with Crippen molar-refractivity contribution in [1.82, 2.24) is 0 Å². The number of halogens is 1. The van der Waals surface area contributed by atoms with Crippen molar-refractivity contribution in [3.8, 4) is 0 Å². The molecule has 0 heterocycles. The fourth-order valence-corrected chi connectivity index (χ4v) is 2.34. The third-order valence-corrected chi connectivity index (χ3v) is 3.37. The lowest BCUT2D eigenvalue weighted by Crippen LogP contribution is -2.45. The minimum absolute atomic E-state index is 0.356. The normalized spacial score (nSPS) is 24.5. The molecule has 0 fully saturated rings. The predicted octanol–water partition coefficient (Wildman–Crippen LogP) is 2.11. The monoisotopic (exact) mass is 293 g/mol. The van der Waals surface area contributed by atoms with Gasteiger partial charge in [0.1, 0.15) is 5.82 Å². The van der Waals surface area contributed by atoms with E-state index in [0.29, 0.717) is 5.56 Å². The number of benzene rings is 1. The Balaban J connectivity index is 2.58. The van der Waals surface area contributed by atoms with Crippen molar-refractivity contribution < 1.29 is 24.0 Å². The molecule has 6 nitrogen and oxygen atoms in total. The number of methoxy groups -OCH3 is 1. The van der Waals surface area contributed by atoms with E-state index in [2.05, 4.69) is 0 Å². The van der Waals surface area contributed by atoms with E-state index in [1.165, 1.54) is 30.4 Å². The molecule has 2 atom stereocenters. The molecule has 0 aliphatic heterocycles. The lowest BCUT2D eigenvalue weighted by Gasteiger charge is -2.33. The summed E-state index contributed by atoms with van der Waals surface area (Å²) in [4.78, 5) is 21.8. The first-order chi connectivity index (χ1) is 9.90. The van der Waals surface area contributed by atoms with E-state index >= 15 is 0 Å². The second-order valence-corrected chi connectivity index (χ2v) is 4.52. The fraction of sp³-hybridized carbons (Fsp3) is 0.214. The lowest BCUT2D eigenvalue weighted by atomic mass is 9.78. The lowest BCUT2D eigenvalue weighted by molar-refractivity contribution is -0.420. The van der Waals surface area contributed by atoms with E-state index in [9.17, 15) is 24.4 Å². The molecule has 21 heavy (non-hydrogen) atoms. The molecular formula is C14H12FNO5. The number of carbonyl (C=O) groups is 1. The number of allylic oxidation sites excluding steroid dienone is 1. The Morgan fingerprint density at radius 2 is 2.24 bits per heavy atom. The Morgan fingerprint density at radius 3 is 2.76 bits per heavy atom. The number of nitrogens with zero attached hydrogens (tertiary/aromatic N) is 1. The van der Waals surface area contributed by atoms with Crippen molar-refractivity contribution in [2.75, 3.05) is 7.11 Å². The summed E-state index contributed by atoms with van der Waals surface area (Å²) in [5.41, 5.74) is -1.98. The number of nitro groups is 1. The Bertz CT molecular complexity index is 655. The number of aliphatic carboxylic acids is 1. The third kappa shape index (κ3) is 2.55. The maximum absolute atomic E-state index is 13.3. The molecular weight excluding hydrogens is 281 g/mol. The summed E-state index contributed by atoms with van der Waals surface area (Å²) in [5.74, 6) is -2.79. The zero-order chi connectivity index (χ0) is 15.6. The molecule has 1 aromatic rings. The Kier molecular flexibility index (Phi) is 3.86. The van der Waals surface area contributed by atoms with Crippen LogP contribution in [0, 0.1) is 15.9 Å². The van der Waals surface area contributed by atoms with Gasteiger partial charge in [-0.05, 0) is 17.7 Å². The van der Waals surface area contributed by atoms with Gasteiger partial charge in [-0.2, -0.15) is 0 Å². The van der Waals surface area contributed by atoms with Crippen LogP contribution in [-0.2, 0) is 9.53 Å². The summed E-state index contributed by atoms with van der Waals surface area (Å²) in [6.07, 6.45) is 3.46. The van der Waals surface area contributed by atoms with E-state index in [4.69, 9.17) is 4.74 Å². The first kappa shape index (κ1) is 14.9. The Labute approximate surface area is 119 Å².